The Morgan fingerprint density at radius 2 is 1.87 bits per heavy atom. The van der Waals surface area contributed by atoms with E-state index in [2.05, 4.69) is 5.32 Å². The maximum Gasteiger partial charge on any atom is 0.329 e. The summed E-state index contributed by atoms with van der Waals surface area (Å²) in [6.45, 7) is 5.46. The Kier molecular flexibility index (Phi) is 3.07. The zero-order valence-electron chi connectivity index (χ0n) is 9.59. The molecule has 0 aromatic heterocycles. The van der Waals surface area contributed by atoms with E-state index in [1.807, 2.05) is 13.8 Å². The van der Waals surface area contributed by atoms with E-state index in [0.717, 1.165) is 12.8 Å². The number of rotatable bonds is 2. The lowest BCUT2D eigenvalue weighted by Gasteiger charge is -2.42. The monoisotopic (exact) mass is 213 g/mol. The molecule has 0 saturated heterocycles. The fourth-order valence-electron chi connectivity index (χ4n) is 2.54. The molecule has 0 bridgehead atoms. The minimum atomic E-state index is -1.05. The fourth-order valence-corrected chi connectivity index (χ4v) is 2.54. The molecule has 0 aromatic rings. The van der Waals surface area contributed by atoms with Gasteiger partial charge in [-0.3, -0.25) is 4.79 Å². The highest BCUT2D eigenvalue weighted by Crippen LogP contribution is 2.41. The number of carbonyl (C=O) groups excluding carboxylic acids is 1. The van der Waals surface area contributed by atoms with Crippen molar-refractivity contribution in [1.82, 2.24) is 5.32 Å². The largest absolute Gasteiger partial charge is 0.480 e. The number of carbonyl (C=O) groups is 2. The molecule has 15 heavy (non-hydrogen) atoms. The second kappa shape index (κ2) is 3.83. The van der Waals surface area contributed by atoms with Gasteiger partial charge in [-0.2, -0.15) is 0 Å². The molecule has 1 amide bonds. The first-order valence-electron chi connectivity index (χ1n) is 5.30. The van der Waals surface area contributed by atoms with E-state index in [0.29, 0.717) is 12.8 Å². The van der Waals surface area contributed by atoms with Crippen LogP contribution in [0.5, 0.6) is 0 Å². The molecule has 0 unspecified atom stereocenters. The minimum absolute atomic E-state index is 0.0148. The van der Waals surface area contributed by atoms with Crippen molar-refractivity contribution in [3.05, 3.63) is 0 Å². The molecule has 1 aliphatic rings. The van der Waals surface area contributed by atoms with Crippen LogP contribution in [0.2, 0.25) is 0 Å². The molecule has 1 aliphatic carbocycles. The van der Waals surface area contributed by atoms with Gasteiger partial charge in [-0.05, 0) is 31.1 Å². The summed E-state index contributed by atoms with van der Waals surface area (Å²) in [4.78, 5) is 22.3. The summed E-state index contributed by atoms with van der Waals surface area (Å²) in [7, 11) is 0. The van der Waals surface area contributed by atoms with Gasteiger partial charge in [-0.1, -0.05) is 13.8 Å². The summed E-state index contributed by atoms with van der Waals surface area (Å²) in [5.74, 6) is -1.18. The van der Waals surface area contributed by atoms with Gasteiger partial charge >= 0.3 is 5.97 Å². The Bertz CT molecular complexity index is 286. The normalized spacial score (nSPS) is 29.5. The number of nitrogens with one attached hydrogen (secondary N) is 1. The third-order valence-corrected chi connectivity index (χ3v) is 3.06. The minimum Gasteiger partial charge on any atom is -0.480 e. The maximum absolute atomic E-state index is 11.3. The van der Waals surface area contributed by atoms with Gasteiger partial charge in [0.2, 0.25) is 5.91 Å². The highest BCUT2D eigenvalue weighted by atomic mass is 16.4. The lowest BCUT2D eigenvalue weighted by atomic mass is 9.68. The number of amides is 1. The first kappa shape index (κ1) is 12.0. The summed E-state index contributed by atoms with van der Waals surface area (Å²) < 4.78 is 0. The van der Waals surface area contributed by atoms with Crippen molar-refractivity contribution in [2.24, 2.45) is 5.41 Å². The zero-order chi connectivity index (χ0) is 11.7. The number of carboxylic acid groups (broad SMARTS) is 1. The van der Waals surface area contributed by atoms with Crippen molar-refractivity contribution in [3.8, 4) is 0 Å². The Hall–Kier alpha value is -1.06. The molecule has 1 saturated carbocycles. The molecule has 86 valence electrons. The zero-order valence-corrected chi connectivity index (χ0v) is 9.59. The van der Waals surface area contributed by atoms with Crippen LogP contribution in [-0.4, -0.2) is 22.5 Å². The van der Waals surface area contributed by atoms with Crippen LogP contribution >= 0.6 is 0 Å². The Balaban J connectivity index is 2.90. The predicted octanol–water partition coefficient (Wildman–Crippen LogP) is 1.55. The molecular formula is C11H19NO3. The quantitative estimate of drug-likeness (QED) is 0.731. The molecule has 1 fully saturated rings. The first-order valence-corrected chi connectivity index (χ1v) is 5.30. The van der Waals surface area contributed by atoms with Gasteiger partial charge in [0.15, 0.2) is 0 Å². The van der Waals surface area contributed by atoms with E-state index in [4.69, 9.17) is 0 Å². The molecule has 1 rings (SSSR count). The van der Waals surface area contributed by atoms with E-state index in [-0.39, 0.29) is 11.3 Å². The molecule has 4 heteroatoms. The van der Waals surface area contributed by atoms with Gasteiger partial charge in [-0.25, -0.2) is 4.79 Å². The van der Waals surface area contributed by atoms with Crippen LogP contribution in [0.25, 0.3) is 0 Å². The predicted molar refractivity (Wildman–Crippen MR) is 56.4 cm³/mol. The maximum atomic E-state index is 11.3. The van der Waals surface area contributed by atoms with Crippen LogP contribution in [0.15, 0.2) is 0 Å². The lowest BCUT2D eigenvalue weighted by molar-refractivity contribution is -0.151. The van der Waals surface area contributed by atoms with Crippen LogP contribution in [0, 0.1) is 5.41 Å². The number of carboxylic acids is 1. The van der Waals surface area contributed by atoms with E-state index in [1.165, 1.54) is 6.92 Å². The number of aliphatic carboxylic acids is 1. The van der Waals surface area contributed by atoms with Crippen molar-refractivity contribution in [3.63, 3.8) is 0 Å². The van der Waals surface area contributed by atoms with Gasteiger partial charge in [0.25, 0.3) is 0 Å². The van der Waals surface area contributed by atoms with Crippen LogP contribution in [0.4, 0.5) is 0 Å². The van der Waals surface area contributed by atoms with Gasteiger partial charge in [-0.15, -0.1) is 0 Å². The smallest absolute Gasteiger partial charge is 0.329 e. The van der Waals surface area contributed by atoms with Gasteiger partial charge < -0.3 is 10.4 Å². The van der Waals surface area contributed by atoms with Crippen LogP contribution < -0.4 is 5.32 Å². The molecule has 0 heterocycles. The molecule has 2 N–H and O–H groups in total. The van der Waals surface area contributed by atoms with Gasteiger partial charge in [0.1, 0.15) is 5.54 Å². The summed E-state index contributed by atoms with van der Waals surface area (Å²) in [5.41, 5.74) is -1.06. The molecule has 0 aliphatic heterocycles. The average molecular weight is 213 g/mol. The van der Waals surface area contributed by atoms with Crippen molar-refractivity contribution < 1.29 is 14.7 Å². The van der Waals surface area contributed by atoms with Crippen molar-refractivity contribution in [1.29, 1.82) is 0 Å². The second-order valence-electron chi connectivity index (χ2n) is 5.26. The van der Waals surface area contributed by atoms with E-state index in [1.54, 1.807) is 0 Å². The van der Waals surface area contributed by atoms with E-state index < -0.39 is 11.5 Å². The average Bonchev–Trinajstić information content (AvgIpc) is 1.99. The van der Waals surface area contributed by atoms with Crippen molar-refractivity contribution >= 4 is 11.9 Å². The van der Waals surface area contributed by atoms with Crippen LogP contribution in [0.3, 0.4) is 0 Å². The molecule has 0 spiro atoms. The van der Waals surface area contributed by atoms with Crippen molar-refractivity contribution in [2.75, 3.05) is 0 Å². The first-order chi connectivity index (χ1) is 6.77. The summed E-state index contributed by atoms with van der Waals surface area (Å²) in [6.07, 6.45) is 2.90. The van der Waals surface area contributed by atoms with E-state index in [9.17, 15) is 14.7 Å². The van der Waals surface area contributed by atoms with E-state index >= 15 is 0 Å². The van der Waals surface area contributed by atoms with Crippen molar-refractivity contribution in [2.45, 2.75) is 52.0 Å². The topological polar surface area (TPSA) is 66.4 Å². The molecular weight excluding hydrogens is 194 g/mol. The van der Waals surface area contributed by atoms with Gasteiger partial charge in [0, 0.05) is 6.92 Å². The van der Waals surface area contributed by atoms with Crippen LogP contribution in [-0.2, 0) is 9.59 Å². The molecule has 1 atom stereocenters. The summed E-state index contributed by atoms with van der Waals surface area (Å²) >= 11 is 0. The lowest BCUT2D eigenvalue weighted by Crippen LogP contribution is -2.57. The molecule has 4 nitrogen and oxygen atoms in total. The second-order valence-corrected chi connectivity index (χ2v) is 5.26. The SMILES string of the molecule is CC(=O)N[C@@]1(C(=O)O)CCCC(C)(C)C1. The third kappa shape index (κ3) is 2.70. The fraction of sp³-hybridized carbons (Fsp3) is 0.818. The third-order valence-electron chi connectivity index (χ3n) is 3.06. The van der Waals surface area contributed by atoms with Gasteiger partial charge in [0.05, 0.1) is 0 Å². The summed E-state index contributed by atoms with van der Waals surface area (Å²) in [6, 6.07) is 0. The number of hydrogen-bond donors (Lipinski definition) is 2. The molecule has 0 radical (unpaired) electrons. The standard InChI is InChI=1S/C11H19NO3/c1-8(13)12-11(9(14)15)6-4-5-10(2,3)7-11/h4-7H2,1-3H3,(H,12,13)(H,14,15)/t11-/m0/s1. The Morgan fingerprint density at radius 3 is 2.27 bits per heavy atom. The Morgan fingerprint density at radius 1 is 1.27 bits per heavy atom. The Labute approximate surface area is 90.0 Å². The highest BCUT2D eigenvalue weighted by Gasteiger charge is 2.46. The highest BCUT2D eigenvalue weighted by molar-refractivity contribution is 5.86. The van der Waals surface area contributed by atoms with Crippen LogP contribution in [0.1, 0.15) is 46.5 Å². The molecule has 0 aromatic carbocycles. The number of hydrogen-bond acceptors (Lipinski definition) is 2. The summed E-state index contributed by atoms with van der Waals surface area (Å²) in [5, 5.41) is 11.9.